The summed E-state index contributed by atoms with van der Waals surface area (Å²) in [7, 11) is 2.11. The predicted molar refractivity (Wildman–Crippen MR) is 143 cm³/mol. The second kappa shape index (κ2) is 12.6. The summed E-state index contributed by atoms with van der Waals surface area (Å²) in [5, 5.41) is 8.20. The summed E-state index contributed by atoms with van der Waals surface area (Å²) in [4.78, 5) is 49.2. The van der Waals surface area contributed by atoms with E-state index in [2.05, 4.69) is 42.8 Å². The van der Waals surface area contributed by atoms with Gasteiger partial charge in [-0.15, -0.1) is 0 Å². The van der Waals surface area contributed by atoms with Gasteiger partial charge in [0.25, 0.3) is 17.7 Å². The molecule has 38 heavy (non-hydrogen) atoms. The minimum absolute atomic E-state index is 0.000239. The van der Waals surface area contributed by atoms with Crippen LogP contribution in [0.15, 0.2) is 48.8 Å². The Hall–Kier alpha value is -3.80. The molecule has 2 aromatic carbocycles. The number of carbonyl (C=O) groups is 3. The molecule has 1 aliphatic heterocycles. The van der Waals surface area contributed by atoms with Gasteiger partial charge in [-0.2, -0.15) is 0 Å². The number of likely N-dealkylation sites (N-methyl/N-ethyl adjacent to an activating group) is 1. The number of aromatic nitrogens is 2. The van der Waals surface area contributed by atoms with Crippen LogP contribution >= 0.6 is 11.6 Å². The Morgan fingerprint density at radius 3 is 2.29 bits per heavy atom. The van der Waals surface area contributed by atoms with Gasteiger partial charge in [0.1, 0.15) is 11.5 Å². The molecule has 1 fully saturated rings. The first kappa shape index (κ1) is 27.2. The monoisotopic (exact) mass is 541 g/mol. The quantitative estimate of drug-likeness (QED) is 0.309. The summed E-state index contributed by atoms with van der Waals surface area (Å²) >= 11 is 5.94. The first-order chi connectivity index (χ1) is 18.3. The molecule has 0 saturated carbocycles. The van der Waals surface area contributed by atoms with Crippen molar-refractivity contribution in [1.82, 2.24) is 25.1 Å². The third kappa shape index (κ3) is 7.15. The van der Waals surface area contributed by atoms with Crippen molar-refractivity contribution in [2.45, 2.75) is 6.42 Å². The number of hydrogen-bond acceptors (Lipinski definition) is 6. The van der Waals surface area contributed by atoms with Gasteiger partial charge in [-0.3, -0.25) is 14.4 Å². The van der Waals surface area contributed by atoms with E-state index in [4.69, 9.17) is 11.6 Å². The van der Waals surface area contributed by atoms with E-state index in [-0.39, 0.29) is 22.0 Å². The second-order valence-corrected chi connectivity index (χ2v) is 9.40. The Morgan fingerprint density at radius 2 is 1.63 bits per heavy atom. The lowest BCUT2D eigenvalue weighted by molar-refractivity contribution is 0.0931. The maximum atomic E-state index is 13.2. The van der Waals surface area contributed by atoms with Crippen molar-refractivity contribution in [3.8, 4) is 0 Å². The SMILES string of the molecule is CN1CCN(CCCNC(=O)c2[nH]cnc2C(=O)Nc2ccc(NC(=O)c3ccc(F)cc3Cl)cc2)CC1. The van der Waals surface area contributed by atoms with Crippen molar-refractivity contribution in [3.63, 3.8) is 0 Å². The van der Waals surface area contributed by atoms with Gasteiger partial charge in [-0.05, 0) is 62.5 Å². The van der Waals surface area contributed by atoms with Gasteiger partial charge >= 0.3 is 0 Å². The van der Waals surface area contributed by atoms with Crippen LogP contribution < -0.4 is 16.0 Å². The standard InChI is InChI=1S/C26H29ClFN7O3/c1-34-11-13-35(14-12-34)10-2-9-29-25(37)22-23(31-16-30-22)26(38)33-19-6-4-18(5-7-19)32-24(36)20-8-3-17(28)15-21(20)27/h3-8,15-16H,2,9-14H2,1H3,(H,29,37)(H,30,31)(H,32,36)(H,33,38). The van der Waals surface area contributed by atoms with Gasteiger partial charge in [-0.1, -0.05) is 11.6 Å². The van der Waals surface area contributed by atoms with Gasteiger partial charge in [0.05, 0.1) is 16.9 Å². The summed E-state index contributed by atoms with van der Waals surface area (Å²) in [5.41, 5.74) is 1.08. The van der Waals surface area contributed by atoms with Gasteiger partial charge in [0.15, 0.2) is 5.69 Å². The van der Waals surface area contributed by atoms with Crippen molar-refractivity contribution in [3.05, 3.63) is 76.6 Å². The number of halogens is 2. The Bertz CT molecular complexity index is 1290. The second-order valence-electron chi connectivity index (χ2n) is 8.99. The van der Waals surface area contributed by atoms with Gasteiger partial charge in [0.2, 0.25) is 0 Å². The lowest BCUT2D eigenvalue weighted by Crippen LogP contribution is -2.45. The van der Waals surface area contributed by atoms with Crippen LogP contribution in [0.4, 0.5) is 15.8 Å². The normalized spacial score (nSPS) is 14.2. The van der Waals surface area contributed by atoms with E-state index in [0.29, 0.717) is 17.9 Å². The summed E-state index contributed by atoms with van der Waals surface area (Å²) in [6, 6.07) is 9.86. The Kier molecular flexibility index (Phi) is 9.06. The van der Waals surface area contributed by atoms with Crippen LogP contribution in [0.25, 0.3) is 0 Å². The lowest BCUT2D eigenvalue weighted by atomic mass is 10.2. The van der Waals surface area contributed by atoms with Crippen molar-refractivity contribution >= 4 is 40.7 Å². The molecule has 0 radical (unpaired) electrons. The number of nitrogens with one attached hydrogen (secondary N) is 4. The van der Waals surface area contributed by atoms with Crippen molar-refractivity contribution in [2.75, 3.05) is 56.9 Å². The maximum Gasteiger partial charge on any atom is 0.276 e. The zero-order valence-corrected chi connectivity index (χ0v) is 21.6. The van der Waals surface area contributed by atoms with Crippen LogP contribution in [0, 0.1) is 5.82 Å². The number of anilines is 2. The molecule has 3 amide bonds. The molecule has 200 valence electrons. The average molecular weight is 542 g/mol. The van der Waals surface area contributed by atoms with Crippen LogP contribution in [0.5, 0.6) is 0 Å². The maximum absolute atomic E-state index is 13.2. The average Bonchev–Trinajstić information content (AvgIpc) is 3.39. The number of piperazine rings is 1. The molecular weight excluding hydrogens is 513 g/mol. The number of nitrogens with zero attached hydrogens (tertiary/aromatic N) is 3. The zero-order valence-electron chi connectivity index (χ0n) is 20.9. The van der Waals surface area contributed by atoms with E-state index < -0.39 is 23.5 Å². The predicted octanol–water partition coefficient (Wildman–Crippen LogP) is 3.07. The molecule has 0 unspecified atom stereocenters. The van der Waals surface area contributed by atoms with Gasteiger partial charge < -0.3 is 30.7 Å². The highest BCUT2D eigenvalue weighted by atomic mass is 35.5. The minimum atomic E-state index is -0.552. The summed E-state index contributed by atoms with van der Waals surface area (Å²) < 4.78 is 13.2. The van der Waals surface area contributed by atoms with Gasteiger partial charge in [-0.25, -0.2) is 9.37 Å². The fourth-order valence-electron chi connectivity index (χ4n) is 4.00. The molecule has 12 heteroatoms. The largest absolute Gasteiger partial charge is 0.351 e. The molecule has 2 heterocycles. The van der Waals surface area contributed by atoms with E-state index in [1.165, 1.54) is 12.4 Å². The van der Waals surface area contributed by atoms with Crippen LogP contribution in [0.1, 0.15) is 37.8 Å². The van der Waals surface area contributed by atoms with E-state index in [9.17, 15) is 18.8 Å². The summed E-state index contributed by atoms with van der Waals surface area (Å²) in [6.07, 6.45) is 2.11. The van der Waals surface area contributed by atoms with E-state index >= 15 is 0 Å². The van der Waals surface area contributed by atoms with Crippen molar-refractivity contribution in [1.29, 1.82) is 0 Å². The minimum Gasteiger partial charge on any atom is -0.351 e. The van der Waals surface area contributed by atoms with Crippen molar-refractivity contribution < 1.29 is 18.8 Å². The highest BCUT2D eigenvalue weighted by Crippen LogP contribution is 2.20. The highest BCUT2D eigenvalue weighted by molar-refractivity contribution is 6.34. The van der Waals surface area contributed by atoms with E-state index in [1.807, 2.05) is 0 Å². The fourth-order valence-corrected chi connectivity index (χ4v) is 4.26. The third-order valence-corrected chi connectivity index (χ3v) is 6.50. The molecule has 0 spiro atoms. The molecule has 1 aromatic heterocycles. The van der Waals surface area contributed by atoms with Crippen LogP contribution in [0.3, 0.4) is 0 Å². The van der Waals surface area contributed by atoms with E-state index in [0.717, 1.165) is 51.3 Å². The molecule has 1 saturated heterocycles. The summed E-state index contributed by atoms with van der Waals surface area (Å²) in [6.45, 7) is 5.51. The molecule has 4 rings (SSSR count). The number of benzene rings is 2. The number of hydrogen-bond donors (Lipinski definition) is 4. The number of carbonyl (C=O) groups excluding carboxylic acids is 3. The number of imidazole rings is 1. The van der Waals surface area contributed by atoms with Crippen LogP contribution in [-0.4, -0.2) is 83.8 Å². The number of aromatic amines is 1. The molecule has 10 nitrogen and oxygen atoms in total. The molecule has 0 atom stereocenters. The molecular formula is C26H29ClFN7O3. The fraction of sp³-hybridized carbons (Fsp3) is 0.308. The van der Waals surface area contributed by atoms with Crippen molar-refractivity contribution in [2.24, 2.45) is 0 Å². The van der Waals surface area contributed by atoms with Gasteiger partial charge in [0, 0.05) is 44.1 Å². The number of H-pyrrole nitrogens is 1. The topological polar surface area (TPSA) is 122 Å². The van der Waals surface area contributed by atoms with E-state index in [1.54, 1.807) is 24.3 Å². The molecule has 4 N–H and O–H groups in total. The molecule has 0 aliphatic carbocycles. The highest BCUT2D eigenvalue weighted by Gasteiger charge is 2.21. The first-order valence-electron chi connectivity index (χ1n) is 12.2. The Morgan fingerprint density at radius 1 is 0.974 bits per heavy atom. The lowest BCUT2D eigenvalue weighted by Gasteiger charge is -2.32. The summed E-state index contributed by atoms with van der Waals surface area (Å²) in [5.74, 6) is -1.99. The number of rotatable bonds is 9. The molecule has 0 bridgehead atoms. The Balaban J connectivity index is 1.27. The molecule has 3 aromatic rings. The first-order valence-corrected chi connectivity index (χ1v) is 12.6. The smallest absolute Gasteiger partial charge is 0.276 e. The van der Waals surface area contributed by atoms with Crippen LogP contribution in [-0.2, 0) is 0 Å². The Labute approximate surface area is 224 Å². The zero-order chi connectivity index (χ0) is 27.1. The third-order valence-electron chi connectivity index (χ3n) is 6.19. The number of amides is 3. The van der Waals surface area contributed by atoms with Crippen LogP contribution in [0.2, 0.25) is 5.02 Å². The molecule has 1 aliphatic rings.